The van der Waals surface area contributed by atoms with Crippen LogP contribution < -0.4 is 10.2 Å². The van der Waals surface area contributed by atoms with Crippen molar-refractivity contribution in [2.75, 3.05) is 6.61 Å². The molecule has 0 unspecified atom stereocenters. The maximum Gasteiger partial charge on any atom is 0.185 e. The molecule has 3 rings (SSSR count). The number of aromatic nitrogens is 1. The highest BCUT2D eigenvalue weighted by Gasteiger charge is 2.17. The number of benzene rings is 2. The molecule has 0 spiro atoms. The lowest BCUT2D eigenvalue weighted by atomic mass is 10.0. The van der Waals surface area contributed by atoms with Crippen LogP contribution >= 0.6 is 0 Å². The maximum absolute atomic E-state index is 12.1. The molecule has 33 heavy (non-hydrogen) atoms. The van der Waals surface area contributed by atoms with Crippen molar-refractivity contribution in [3.63, 3.8) is 0 Å². The third-order valence-corrected chi connectivity index (χ3v) is 5.83. The van der Waals surface area contributed by atoms with Gasteiger partial charge in [-0.1, -0.05) is 28.9 Å². The number of aryl methyl sites for hydroxylation is 1. The topological polar surface area (TPSA) is 52.3 Å². The maximum atomic E-state index is 12.1. The summed E-state index contributed by atoms with van der Waals surface area (Å²) in [5, 5.41) is 0. The second-order valence-electron chi connectivity index (χ2n) is 9.11. The van der Waals surface area contributed by atoms with Crippen LogP contribution in [0.5, 0.6) is 5.75 Å². The van der Waals surface area contributed by atoms with Crippen LogP contribution in [-0.2, 0) is 0 Å². The predicted molar refractivity (Wildman–Crippen MR) is 137 cm³/mol. The number of hydrogen-bond donors (Lipinski definition) is 0. The van der Waals surface area contributed by atoms with E-state index in [1.54, 1.807) is 13.0 Å². The number of allylic oxidation sites excluding steroid dienone is 5. The van der Waals surface area contributed by atoms with Gasteiger partial charge in [-0.05, 0) is 97.1 Å². The van der Waals surface area contributed by atoms with Gasteiger partial charge in [-0.2, -0.15) is 0 Å². The molecule has 2 aliphatic rings. The molecular weight excluding hydrogens is 410 g/mol. The first-order valence-electron chi connectivity index (χ1n) is 11.7. The molecule has 0 aromatic heterocycles. The first kappa shape index (κ1) is 24.5. The van der Waals surface area contributed by atoms with Crippen LogP contribution in [0.3, 0.4) is 0 Å². The van der Waals surface area contributed by atoms with Gasteiger partial charge in [0.05, 0.1) is 0 Å². The lowest BCUT2D eigenvalue weighted by Crippen LogP contribution is -2.09. The summed E-state index contributed by atoms with van der Waals surface area (Å²) in [5.74, 6) is 1.27. The number of nitrogens with zero attached hydrogens (tertiary/aromatic N) is 1. The molecule has 0 atom stereocenters. The first-order valence-corrected chi connectivity index (χ1v) is 11.7. The van der Waals surface area contributed by atoms with Gasteiger partial charge in [-0.3, -0.25) is 4.79 Å². The van der Waals surface area contributed by atoms with Crippen LogP contribution in [0.2, 0.25) is 0 Å². The minimum absolute atomic E-state index is 0.0316. The molecule has 4 heteroatoms. The largest absolute Gasteiger partial charge is 0.489 e. The van der Waals surface area contributed by atoms with Gasteiger partial charge in [0.1, 0.15) is 23.6 Å². The Morgan fingerprint density at radius 3 is 2.39 bits per heavy atom. The van der Waals surface area contributed by atoms with E-state index in [4.69, 9.17) is 14.1 Å². The van der Waals surface area contributed by atoms with Crippen LogP contribution in [0, 0.1) is 13.8 Å². The summed E-state index contributed by atoms with van der Waals surface area (Å²) < 4.78 is 12.0. The fourth-order valence-electron chi connectivity index (χ4n) is 3.71. The van der Waals surface area contributed by atoms with E-state index in [2.05, 4.69) is 45.9 Å². The third kappa shape index (κ3) is 6.67. The number of hydrogen-bond acceptors (Lipinski definition) is 4. The van der Waals surface area contributed by atoms with Crippen LogP contribution in [0.15, 0.2) is 68.4 Å². The molecule has 1 aliphatic carbocycles. The quantitative estimate of drug-likeness (QED) is 0.250. The van der Waals surface area contributed by atoms with E-state index in [1.165, 1.54) is 16.7 Å². The zero-order valence-corrected chi connectivity index (χ0v) is 20.7. The molecule has 0 bridgehead atoms. The van der Waals surface area contributed by atoms with Crippen molar-refractivity contribution in [3.8, 4) is 17.2 Å². The monoisotopic (exact) mass is 445 g/mol. The van der Waals surface area contributed by atoms with Crippen LogP contribution in [0.1, 0.15) is 64.5 Å². The summed E-state index contributed by atoms with van der Waals surface area (Å²) in [6, 6.07) is 7.26. The summed E-state index contributed by atoms with van der Waals surface area (Å²) in [4.78, 5) is 16.8. The van der Waals surface area contributed by atoms with Gasteiger partial charge in [-0.25, -0.2) is 4.98 Å². The van der Waals surface area contributed by atoms with Gasteiger partial charge >= 0.3 is 0 Å². The SMILES string of the molecule is CC(C)=CCCC(C)=CCCC(C)=CCOc1ccc2nc3c(C)cc(=O)c(C)c-3oc2c1. The van der Waals surface area contributed by atoms with E-state index >= 15 is 0 Å². The van der Waals surface area contributed by atoms with Crippen molar-refractivity contribution in [2.24, 2.45) is 0 Å². The molecule has 1 heterocycles. The standard InChI is InChI=1S/C29H35NO3/c1-19(2)9-7-10-20(3)11-8-12-21(4)15-16-32-24-13-14-25-27(18-24)33-29-23(6)26(31)17-22(5)28(29)30-25/h9,11,13-15,17-18H,7-8,10,12,16H2,1-6H3. The minimum Gasteiger partial charge on any atom is -0.489 e. The van der Waals surface area contributed by atoms with Gasteiger partial charge in [0, 0.05) is 11.6 Å². The lowest BCUT2D eigenvalue weighted by Gasteiger charge is -2.12. The van der Waals surface area contributed by atoms with Gasteiger partial charge in [0.15, 0.2) is 16.8 Å². The fraction of sp³-hybridized carbons (Fsp3) is 0.379. The van der Waals surface area contributed by atoms with Gasteiger partial charge in [0.2, 0.25) is 0 Å². The van der Waals surface area contributed by atoms with E-state index in [0.717, 1.165) is 48.2 Å². The van der Waals surface area contributed by atoms with Gasteiger partial charge in [0.25, 0.3) is 0 Å². The summed E-state index contributed by atoms with van der Waals surface area (Å²) in [6.07, 6.45) is 11.1. The van der Waals surface area contributed by atoms with Gasteiger partial charge < -0.3 is 9.15 Å². The van der Waals surface area contributed by atoms with E-state index in [9.17, 15) is 4.79 Å². The predicted octanol–water partition coefficient (Wildman–Crippen LogP) is 7.71. The molecular formula is C29H35NO3. The molecule has 4 nitrogen and oxygen atoms in total. The minimum atomic E-state index is -0.0316. The molecule has 0 amide bonds. The Bertz CT molecular complexity index is 1240. The highest BCUT2D eigenvalue weighted by molar-refractivity contribution is 5.79. The second kappa shape index (κ2) is 11.1. The first-order chi connectivity index (χ1) is 15.7. The Hall–Kier alpha value is -3.14. The smallest absolute Gasteiger partial charge is 0.185 e. The van der Waals surface area contributed by atoms with Gasteiger partial charge in [-0.15, -0.1) is 0 Å². The van der Waals surface area contributed by atoms with Crippen LogP contribution in [0.4, 0.5) is 0 Å². The zero-order chi connectivity index (χ0) is 24.0. The number of fused-ring (bicyclic) bond motifs is 2. The Morgan fingerprint density at radius 2 is 1.67 bits per heavy atom. The zero-order valence-electron chi connectivity index (χ0n) is 20.7. The fourth-order valence-corrected chi connectivity index (χ4v) is 3.71. The molecule has 174 valence electrons. The van der Waals surface area contributed by atoms with E-state index in [0.29, 0.717) is 23.5 Å². The van der Waals surface area contributed by atoms with E-state index < -0.39 is 0 Å². The Balaban J connectivity index is 1.61. The highest BCUT2D eigenvalue weighted by Crippen LogP contribution is 2.30. The molecule has 1 aliphatic heterocycles. The van der Waals surface area contributed by atoms with Crippen molar-refractivity contribution >= 4 is 11.1 Å². The van der Waals surface area contributed by atoms with Crippen molar-refractivity contribution < 1.29 is 9.15 Å². The molecule has 0 N–H and O–H groups in total. The molecule has 1 aromatic carbocycles. The summed E-state index contributed by atoms with van der Waals surface area (Å²) >= 11 is 0. The third-order valence-electron chi connectivity index (χ3n) is 5.83. The molecule has 0 saturated carbocycles. The Labute approximate surface area is 197 Å². The van der Waals surface area contributed by atoms with Crippen molar-refractivity contribution in [2.45, 2.75) is 67.2 Å². The molecule has 0 fully saturated rings. The van der Waals surface area contributed by atoms with Crippen LogP contribution in [0.25, 0.3) is 22.6 Å². The van der Waals surface area contributed by atoms with E-state index in [1.807, 2.05) is 25.1 Å². The van der Waals surface area contributed by atoms with Crippen LogP contribution in [-0.4, -0.2) is 11.6 Å². The summed E-state index contributed by atoms with van der Waals surface area (Å²) in [5.41, 5.74) is 7.61. The average Bonchev–Trinajstić information content (AvgIpc) is 2.76. The van der Waals surface area contributed by atoms with Crippen molar-refractivity contribution in [3.05, 3.63) is 80.6 Å². The Morgan fingerprint density at radius 1 is 0.970 bits per heavy atom. The summed E-state index contributed by atoms with van der Waals surface area (Å²) in [6.45, 7) is 12.8. The average molecular weight is 446 g/mol. The van der Waals surface area contributed by atoms with E-state index in [-0.39, 0.29) is 5.43 Å². The highest BCUT2D eigenvalue weighted by atomic mass is 16.5. The number of rotatable bonds is 9. The normalized spacial score (nSPS) is 12.4. The Kier molecular flexibility index (Phi) is 8.26. The molecule has 0 radical (unpaired) electrons. The summed E-state index contributed by atoms with van der Waals surface area (Å²) in [7, 11) is 0. The van der Waals surface area contributed by atoms with Crippen molar-refractivity contribution in [1.82, 2.24) is 4.98 Å². The lowest BCUT2D eigenvalue weighted by molar-refractivity contribution is 0.361. The number of ether oxygens (including phenoxy) is 1. The molecule has 1 aromatic rings. The van der Waals surface area contributed by atoms with Crippen molar-refractivity contribution in [1.29, 1.82) is 0 Å². The molecule has 0 saturated heterocycles. The second-order valence-corrected chi connectivity index (χ2v) is 9.11.